The van der Waals surface area contributed by atoms with Gasteiger partial charge in [0.25, 0.3) is 0 Å². The molecule has 1 N–H and O–H groups in total. The summed E-state index contributed by atoms with van der Waals surface area (Å²) < 4.78 is 11.2. The van der Waals surface area contributed by atoms with E-state index < -0.39 is 5.41 Å². The van der Waals surface area contributed by atoms with Crippen molar-refractivity contribution in [3.05, 3.63) is 0 Å². The molecule has 4 nitrogen and oxygen atoms in total. The van der Waals surface area contributed by atoms with Gasteiger partial charge in [-0.1, -0.05) is 20.8 Å². The first-order chi connectivity index (χ1) is 7.80. The van der Waals surface area contributed by atoms with Crippen LogP contribution in [-0.2, 0) is 14.3 Å². The van der Waals surface area contributed by atoms with E-state index in [9.17, 15) is 9.90 Å². The van der Waals surface area contributed by atoms with Gasteiger partial charge in [0.05, 0.1) is 18.8 Å². The number of carbonyl (C=O) groups is 1. The van der Waals surface area contributed by atoms with Crippen LogP contribution in [0.5, 0.6) is 0 Å². The van der Waals surface area contributed by atoms with E-state index in [-0.39, 0.29) is 30.9 Å². The molecule has 0 aromatic carbocycles. The molecule has 1 aliphatic rings. The summed E-state index contributed by atoms with van der Waals surface area (Å²) >= 11 is 0. The number of hydrogen-bond donors (Lipinski definition) is 1. The van der Waals surface area contributed by atoms with E-state index in [1.54, 1.807) is 0 Å². The number of esters is 1. The van der Waals surface area contributed by atoms with Gasteiger partial charge in [-0.15, -0.1) is 0 Å². The zero-order valence-electron chi connectivity index (χ0n) is 11.4. The van der Waals surface area contributed by atoms with Crippen LogP contribution in [0.25, 0.3) is 0 Å². The predicted octanol–water partition coefficient (Wildman–Crippen LogP) is 1.75. The number of hydrogen-bond acceptors (Lipinski definition) is 4. The lowest BCUT2D eigenvalue weighted by atomic mass is 9.73. The molecular formula is C13H24O4. The molecule has 1 rings (SSSR count). The van der Waals surface area contributed by atoms with Crippen LogP contribution in [0.3, 0.4) is 0 Å². The lowest BCUT2D eigenvalue weighted by molar-refractivity contribution is -0.210. The molecule has 4 unspecified atom stereocenters. The molecule has 17 heavy (non-hydrogen) atoms. The van der Waals surface area contributed by atoms with Gasteiger partial charge in [-0.05, 0) is 19.3 Å². The molecule has 0 aromatic rings. The Hall–Kier alpha value is -0.610. The highest BCUT2D eigenvalue weighted by Gasteiger charge is 2.47. The minimum absolute atomic E-state index is 0.00185. The van der Waals surface area contributed by atoms with Crippen molar-refractivity contribution in [2.75, 3.05) is 6.61 Å². The van der Waals surface area contributed by atoms with Crippen molar-refractivity contribution in [2.24, 2.45) is 11.3 Å². The van der Waals surface area contributed by atoms with Gasteiger partial charge in [-0.25, -0.2) is 0 Å². The molecule has 0 saturated carbocycles. The third-order valence-corrected chi connectivity index (χ3v) is 3.57. The summed E-state index contributed by atoms with van der Waals surface area (Å²) in [5.41, 5.74) is -0.418. The van der Waals surface area contributed by atoms with E-state index in [0.29, 0.717) is 12.3 Å². The summed E-state index contributed by atoms with van der Waals surface area (Å²) in [4.78, 5) is 11.1. The summed E-state index contributed by atoms with van der Waals surface area (Å²) in [6, 6.07) is 0. The lowest BCUT2D eigenvalue weighted by Gasteiger charge is -2.47. The first-order valence-electron chi connectivity index (χ1n) is 6.23. The summed E-state index contributed by atoms with van der Waals surface area (Å²) in [6.07, 6.45) is 0.259. The van der Waals surface area contributed by atoms with Gasteiger partial charge in [0.1, 0.15) is 6.10 Å². The van der Waals surface area contributed by atoms with Crippen molar-refractivity contribution in [3.63, 3.8) is 0 Å². The molecule has 1 heterocycles. The van der Waals surface area contributed by atoms with E-state index in [4.69, 9.17) is 9.47 Å². The van der Waals surface area contributed by atoms with Crippen LogP contribution < -0.4 is 0 Å². The molecule has 1 aliphatic heterocycles. The Kier molecular flexibility index (Phi) is 4.55. The Balaban J connectivity index is 2.87. The summed E-state index contributed by atoms with van der Waals surface area (Å²) in [5, 5.41) is 9.60. The van der Waals surface area contributed by atoms with Crippen LogP contribution in [0.15, 0.2) is 0 Å². The first-order valence-corrected chi connectivity index (χ1v) is 6.23. The Morgan fingerprint density at radius 3 is 2.59 bits per heavy atom. The summed E-state index contributed by atoms with van der Waals surface area (Å²) in [6.45, 7) is 9.44. The molecule has 4 heteroatoms. The molecule has 0 aromatic heterocycles. The number of rotatable bonds is 3. The Bertz CT molecular complexity index is 277. The zero-order chi connectivity index (χ0) is 13.2. The van der Waals surface area contributed by atoms with Crippen molar-refractivity contribution >= 4 is 5.97 Å². The fourth-order valence-corrected chi connectivity index (χ4v) is 2.50. The molecule has 0 amide bonds. The molecular weight excluding hydrogens is 220 g/mol. The molecule has 0 aliphatic carbocycles. The van der Waals surface area contributed by atoms with Gasteiger partial charge < -0.3 is 14.6 Å². The number of aliphatic hydroxyl groups is 1. The van der Waals surface area contributed by atoms with Crippen LogP contribution in [0.1, 0.15) is 41.0 Å². The van der Waals surface area contributed by atoms with Crippen molar-refractivity contribution in [1.82, 2.24) is 0 Å². The maximum absolute atomic E-state index is 11.1. The van der Waals surface area contributed by atoms with E-state index in [1.807, 2.05) is 13.8 Å². The van der Waals surface area contributed by atoms with E-state index >= 15 is 0 Å². The van der Waals surface area contributed by atoms with Crippen LogP contribution in [-0.4, -0.2) is 36.0 Å². The van der Waals surface area contributed by atoms with E-state index in [1.165, 1.54) is 6.92 Å². The average Bonchev–Trinajstić information content (AvgIpc) is 2.23. The summed E-state index contributed by atoms with van der Waals surface area (Å²) in [5.74, 6) is 0.0646. The van der Waals surface area contributed by atoms with Crippen molar-refractivity contribution in [2.45, 2.75) is 59.4 Å². The van der Waals surface area contributed by atoms with Crippen LogP contribution in [0.2, 0.25) is 0 Å². The molecule has 1 saturated heterocycles. The van der Waals surface area contributed by atoms with Gasteiger partial charge in [-0.3, -0.25) is 4.79 Å². The number of ether oxygens (including phenoxy) is 2. The van der Waals surface area contributed by atoms with Crippen molar-refractivity contribution < 1.29 is 19.4 Å². The standard InChI is InChI=1S/C13H24O4/c1-8(2)11-6-13(5,7-14)12(9(3)16-11)17-10(4)15/h8-9,11-12,14H,6-7H2,1-5H3. The number of aliphatic hydroxyl groups excluding tert-OH is 1. The van der Waals surface area contributed by atoms with Gasteiger partial charge in [0.15, 0.2) is 0 Å². The predicted molar refractivity (Wildman–Crippen MR) is 64.5 cm³/mol. The van der Waals surface area contributed by atoms with E-state index in [0.717, 1.165) is 0 Å². The van der Waals surface area contributed by atoms with E-state index in [2.05, 4.69) is 13.8 Å². The van der Waals surface area contributed by atoms with Crippen molar-refractivity contribution in [3.8, 4) is 0 Å². The zero-order valence-corrected chi connectivity index (χ0v) is 11.4. The first kappa shape index (κ1) is 14.5. The fraction of sp³-hybridized carbons (Fsp3) is 0.923. The smallest absolute Gasteiger partial charge is 0.303 e. The Labute approximate surface area is 103 Å². The highest BCUT2D eigenvalue weighted by Crippen LogP contribution is 2.40. The monoisotopic (exact) mass is 244 g/mol. The average molecular weight is 244 g/mol. The second-order valence-corrected chi connectivity index (χ2v) is 5.67. The third-order valence-electron chi connectivity index (χ3n) is 3.57. The lowest BCUT2D eigenvalue weighted by Crippen LogP contribution is -2.54. The topological polar surface area (TPSA) is 55.8 Å². The molecule has 0 bridgehead atoms. The quantitative estimate of drug-likeness (QED) is 0.768. The molecule has 0 spiro atoms. The normalized spacial score (nSPS) is 38.2. The van der Waals surface area contributed by atoms with Crippen LogP contribution in [0, 0.1) is 11.3 Å². The van der Waals surface area contributed by atoms with Crippen molar-refractivity contribution in [1.29, 1.82) is 0 Å². The van der Waals surface area contributed by atoms with Gasteiger partial charge in [0, 0.05) is 12.3 Å². The van der Waals surface area contributed by atoms with Crippen LogP contribution >= 0.6 is 0 Å². The second-order valence-electron chi connectivity index (χ2n) is 5.67. The van der Waals surface area contributed by atoms with Gasteiger partial charge in [0.2, 0.25) is 0 Å². The Morgan fingerprint density at radius 2 is 2.18 bits per heavy atom. The minimum atomic E-state index is -0.418. The van der Waals surface area contributed by atoms with Crippen LogP contribution in [0.4, 0.5) is 0 Å². The highest BCUT2D eigenvalue weighted by atomic mass is 16.6. The number of carbonyl (C=O) groups excluding carboxylic acids is 1. The maximum Gasteiger partial charge on any atom is 0.303 e. The molecule has 0 radical (unpaired) electrons. The van der Waals surface area contributed by atoms with Gasteiger partial charge >= 0.3 is 5.97 Å². The van der Waals surface area contributed by atoms with Gasteiger partial charge in [-0.2, -0.15) is 0 Å². The molecule has 4 atom stereocenters. The molecule has 100 valence electrons. The second kappa shape index (κ2) is 5.36. The molecule has 1 fully saturated rings. The SMILES string of the molecule is CC(=O)OC1C(C)OC(C(C)C)CC1(C)CO. The maximum atomic E-state index is 11.1. The minimum Gasteiger partial charge on any atom is -0.459 e. The highest BCUT2D eigenvalue weighted by molar-refractivity contribution is 5.66. The third kappa shape index (κ3) is 3.19. The summed E-state index contributed by atoms with van der Waals surface area (Å²) in [7, 11) is 0. The Morgan fingerprint density at radius 1 is 1.59 bits per heavy atom. The fourth-order valence-electron chi connectivity index (χ4n) is 2.50. The largest absolute Gasteiger partial charge is 0.459 e.